The standard InChI is InChI=1S/C21H26N6O2/c1-14-5-7-17(8-6-14)19-20(26-11-12-29-21(26)25-19)18(9-10-22)24-16(3)27(23)15(2)13-28-4/h5-12,15,22H,13,23H2,1-4H3/b18-9-,22-10?,24-16+. The van der Waals surface area contributed by atoms with Crippen molar-refractivity contribution in [2.75, 3.05) is 13.7 Å². The van der Waals surface area contributed by atoms with Crippen LogP contribution in [0.5, 0.6) is 0 Å². The number of nitrogens with one attached hydrogen (secondary N) is 1. The number of aliphatic imine (C=N–C) groups is 1. The molecule has 3 N–H and O–H groups in total. The van der Waals surface area contributed by atoms with E-state index in [0.29, 0.717) is 24.0 Å². The first-order valence-corrected chi connectivity index (χ1v) is 9.28. The second-order valence-corrected chi connectivity index (χ2v) is 6.82. The molecule has 0 aliphatic rings. The lowest BCUT2D eigenvalue weighted by Gasteiger charge is -2.25. The van der Waals surface area contributed by atoms with Gasteiger partial charge in [-0.2, -0.15) is 4.98 Å². The molecule has 0 fully saturated rings. The average molecular weight is 394 g/mol. The molecule has 1 atom stereocenters. The van der Waals surface area contributed by atoms with Crippen LogP contribution in [-0.2, 0) is 4.74 Å². The molecule has 3 aromatic rings. The first-order valence-electron chi connectivity index (χ1n) is 9.28. The predicted molar refractivity (Wildman–Crippen MR) is 115 cm³/mol. The summed E-state index contributed by atoms with van der Waals surface area (Å²) >= 11 is 0. The summed E-state index contributed by atoms with van der Waals surface area (Å²) in [5.74, 6) is 7.25. The van der Waals surface area contributed by atoms with E-state index in [9.17, 15) is 0 Å². The summed E-state index contributed by atoms with van der Waals surface area (Å²) in [4.78, 5) is 9.35. The van der Waals surface area contributed by atoms with E-state index in [0.717, 1.165) is 22.5 Å². The number of aryl methyl sites for hydroxylation is 1. The molecule has 0 aliphatic carbocycles. The summed E-state index contributed by atoms with van der Waals surface area (Å²) in [6, 6.07) is 8.02. The number of fused-ring (bicyclic) bond motifs is 1. The number of allylic oxidation sites excluding steroid dienone is 1. The maximum Gasteiger partial charge on any atom is 0.306 e. The van der Waals surface area contributed by atoms with E-state index < -0.39 is 0 Å². The van der Waals surface area contributed by atoms with Gasteiger partial charge in [0.25, 0.3) is 0 Å². The number of rotatable bonds is 7. The van der Waals surface area contributed by atoms with Crippen LogP contribution in [0.3, 0.4) is 0 Å². The van der Waals surface area contributed by atoms with Gasteiger partial charge in [0.05, 0.1) is 18.3 Å². The molecule has 8 nitrogen and oxygen atoms in total. The molecule has 0 saturated carbocycles. The fourth-order valence-electron chi connectivity index (χ4n) is 3.06. The molecule has 0 bridgehead atoms. The van der Waals surface area contributed by atoms with E-state index in [2.05, 4.69) is 4.98 Å². The van der Waals surface area contributed by atoms with Crippen molar-refractivity contribution in [1.82, 2.24) is 14.4 Å². The fourth-order valence-corrected chi connectivity index (χ4v) is 3.06. The van der Waals surface area contributed by atoms with Gasteiger partial charge in [-0.1, -0.05) is 29.8 Å². The lowest BCUT2D eigenvalue weighted by atomic mass is 10.1. The van der Waals surface area contributed by atoms with Gasteiger partial charge in [-0.05, 0) is 26.8 Å². The van der Waals surface area contributed by atoms with E-state index in [1.54, 1.807) is 30.7 Å². The third kappa shape index (κ3) is 4.28. The Bertz CT molecular complexity index is 1050. The van der Waals surface area contributed by atoms with Crippen LogP contribution in [0.15, 0.2) is 52.2 Å². The van der Waals surface area contributed by atoms with Gasteiger partial charge in [0.15, 0.2) is 0 Å². The highest BCUT2D eigenvalue weighted by Crippen LogP contribution is 2.31. The van der Waals surface area contributed by atoms with Crippen molar-refractivity contribution in [3.8, 4) is 11.3 Å². The first kappa shape index (κ1) is 20.5. The normalized spacial score (nSPS) is 13.7. The number of nitrogens with zero attached hydrogens (tertiary/aromatic N) is 4. The van der Waals surface area contributed by atoms with Crippen LogP contribution in [0.2, 0.25) is 0 Å². The summed E-state index contributed by atoms with van der Waals surface area (Å²) < 4.78 is 12.5. The van der Waals surface area contributed by atoms with Gasteiger partial charge < -0.3 is 14.6 Å². The fraction of sp³-hybridized carbons (Fsp3) is 0.286. The second kappa shape index (κ2) is 8.85. The number of oxazole rings is 1. The van der Waals surface area contributed by atoms with Crippen molar-refractivity contribution in [1.29, 1.82) is 5.41 Å². The molecule has 2 aromatic heterocycles. The Labute approximate surface area is 169 Å². The van der Waals surface area contributed by atoms with Crippen LogP contribution in [0, 0.1) is 12.3 Å². The Morgan fingerprint density at radius 3 is 2.79 bits per heavy atom. The molecule has 8 heteroatoms. The van der Waals surface area contributed by atoms with Gasteiger partial charge in [-0.25, -0.2) is 10.8 Å². The Kier molecular flexibility index (Phi) is 6.26. The molecule has 152 valence electrons. The van der Waals surface area contributed by atoms with Crippen molar-refractivity contribution in [3.63, 3.8) is 0 Å². The summed E-state index contributed by atoms with van der Waals surface area (Å²) in [6.45, 7) is 6.28. The number of aromatic nitrogens is 2. The molecular formula is C21H26N6O2. The van der Waals surface area contributed by atoms with Gasteiger partial charge in [-0.3, -0.25) is 9.41 Å². The van der Waals surface area contributed by atoms with Gasteiger partial charge in [-0.15, -0.1) is 0 Å². The molecule has 0 amide bonds. The minimum Gasteiger partial charge on any atom is -0.432 e. The van der Waals surface area contributed by atoms with Crippen molar-refractivity contribution >= 4 is 23.6 Å². The summed E-state index contributed by atoms with van der Waals surface area (Å²) in [5.41, 5.74) is 4.11. The minimum atomic E-state index is -0.0547. The zero-order chi connectivity index (χ0) is 21.0. The quantitative estimate of drug-likeness (QED) is 0.276. The number of hydrogen-bond acceptors (Lipinski definition) is 6. The number of nitrogens with two attached hydrogens (primary N) is 1. The lowest BCUT2D eigenvalue weighted by molar-refractivity contribution is 0.136. The largest absolute Gasteiger partial charge is 0.432 e. The van der Waals surface area contributed by atoms with E-state index in [-0.39, 0.29) is 6.04 Å². The van der Waals surface area contributed by atoms with Gasteiger partial charge >= 0.3 is 5.84 Å². The Morgan fingerprint density at radius 1 is 1.41 bits per heavy atom. The topological polar surface area (TPSA) is 105 Å². The SMILES string of the molecule is COCC(C)N(N)/C(C)=N/C(=C\C=N)c1c(-c2ccc(C)cc2)nc2occn12. The summed E-state index contributed by atoms with van der Waals surface area (Å²) in [5, 5.41) is 9.18. The van der Waals surface area contributed by atoms with Crippen LogP contribution in [-0.4, -0.2) is 46.2 Å². The molecule has 0 spiro atoms. The Balaban J connectivity index is 2.12. The summed E-state index contributed by atoms with van der Waals surface area (Å²) in [6.07, 6.45) is 6.17. The number of amidine groups is 1. The number of methoxy groups -OCH3 is 1. The third-order valence-electron chi connectivity index (χ3n) is 4.61. The first-order chi connectivity index (χ1) is 14.0. The average Bonchev–Trinajstić information content (AvgIpc) is 3.29. The van der Waals surface area contributed by atoms with Gasteiger partial charge in [0, 0.05) is 25.1 Å². The van der Waals surface area contributed by atoms with Crippen LogP contribution in [0.1, 0.15) is 25.1 Å². The molecule has 1 aromatic carbocycles. The molecule has 2 heterocycles. The number of hydrogen-bond donors (Lipinski definition) is 2. The zero-order valence-electron chi connectivity index (χ0n) is 17.1. The highest BCUT2D eigenvalue weighted by atomic mass is 16.5. The third-order valence-corrected chi connectivity index (χ3v) is 4.61. The monoisotopic (exact) mass is 394 g/mol. The molecular weight excluding hydrogens is 368 g/mol. The van der Waals surface area contributed by atoms with Gasteiger partial charge in [0.1, 0.15) is 23.5 Å². The molecule has 1 unspecified atom stereocenters. The maximum atomic E-state index is 7.62. The molecule has 3 rings (SSSR count). The molecule has 0 radical (unpaired) electrons. The number of benzene rings is 1. The van der Waals surface area contributed by atoms with Crippen molar-refractivity contribution < 1.29 is 9.15 Å². The Hall–Kier alpha value is -3.23. The second-order valence-electron chi connectivity index (χ2n) is 6.82. The van der Waals surface area contributed by atoms with Crippen molar-refractivity contribution in [2.45, 2.75) is 26.8 Å². The van der Waals surface area contributed by atoms with Crippen LogP contribution < -0.4 is 5.84 Å². The van der Waals surface area contributed by atoms with E-state index in [1.165, 1.54) is 6.21 Å². The van der Waals surface area contributed by atoms with E-state index in [1.807, 2.05) is 49.4 Å². The van der Waals surface area contributed by atoms with E-state index >= 15 is 0 Å². The van der Waals surface area contributed by atoms with Gasteiger partial charge in [0.2, 0.25) is 0 Å². The highest BCUT2D eigenvalue weighted by molar-refractivity contribution is 5.93. The predicted octanol–water partition coefficient (Wildman–Crippen LogP) is 3.52. The van der Waals surface area contributed by atoms with Crippen molar-refractivity contribution in [3.05, 3.63) is 54.1 Å². The van der Waals surface area contributed by atoms with Crippen LogP contribution in [0.25, 0.3) is 22.8 Å². The smallest absolute Gasteiger partial charge is 0.306 e. The summed E-state index contributed by atoms with van der Waals surface area (Å²) in [7, 11) is 1.63. The molecule has 0 aliphatic heterocycles. The minimum absolute atomic E-state index is 0.0547. The van der Waals surface area contributed by atoms with E-state index in [4.69, 9.17) is 25.4 Å². The maximum absolute atomic E-state index is 7.62. The molecule has 29 heavy (non-hydrogen) atoms. The molecule has 0 saturated heterocycles. The number of ether oxygens (including phenoxy) is 1. The van der Waals surface area contributed by atoms with Crippen LogP contribution >= 0.6 is 0 Å². The van der Waals surface area contributed by atoms with Crippen molar-refractivity contribution in [2.24, 2.45) is 10.8 Å². The zero-order valence-corrected chi connectivity index (χ0v) is 17.1. The highest BCUT2D eigenvalue weighted by Gasteiger charge is 2.20. The number of hydrazine groups is 1. The lowest BCUT2D eigenvalue weighted by Crippen LogP contribution is -2.45. The number of imidazole rings is 1. The Morgan fingerprint density at radius 2 is 2.14 bits per heavy atom. The van der Waals surface area contributed by atoms with Crippen LogP contribution in [0.4, 0.5) is 0 Å².